The summed E-state index contributed by atoms with van der Waals surface area (Å²) < 4.78 is 10.7. The van der Waals surface area contributed by atoms with Gasteiger partial charge in [0, 0.05) is 25.6 Å². The molecule has 0 aliphatic heterocycles. The van der Waals surface area contributed by atoms with Crippen LogP contribution in [-0.2, 0) is 9.47 Å². The van der Waals surface area contributed by atoms with Crippen LogP contribution in [0.1, 0.15) is 27.2 Å². The number of nitrogens with one attached hydrogen (secondary N) is 1. The number of ether oxygens (including phenoxy) is 2. The molecule has 1 atom stereocenters. The fraction of sp³-hybridized carbons (Fsp3) is 1.00. The van der Waals surface area contributed by atoms with Crippen molar-refractivity contribution in [1.29, 1.82) is 0 Å². The second-order valence-corrected chi connectivity index (χ2v) is 4.92. The van der Waals surface area contributed by atoms with E-state index < -0.39 is 0 Å². The molecule has 0 aromatic rings. The highest BCUT2D eigenvalue weighted by Gasteiger charge is 2.10. The minimum absolute atomic E-state index is 0.0646. The average molecular weight is 238 g/mol. The Morgan fingerprint density at radius 1 is 1.33 bits per heavy atom. The first-order chi connectivity index (χ1) is 6.99. The second kappa shape index (κ2) is 8.34. The van der Waals surface area contributed by atoms with E-state index in [0.717, 1.165) is 13.0 Å². The molecule has 15 heavy (non-hydrogen) atoms. The molecule has 0 amide bonds. The molecule has 0 aromatic heterocycles. The first kappa shape index (κ1) is 15.2. The summed E-state index contributed by atoms with van der Waals surface area (Å²) in [7, 11) is 1.70. The maximum Gasteiger partial charge on any atom is 0.0616 e. The molecule has 0 aromatic carbocycles. The zero-order valence-electron chi connectivity index (χ0n) is 10.3. The van der Waals surface area contributed by atoms with Crippen molar-refractivity contribution in [2.75, 3.05) is 32.7 Å². The fourth-order valence-electron chi connectivity index (χ4n) is 1.20. The minimum Gasteiger partial charge on any atom is -0.383 e. The van der Waals surface area contributed by atoms with Crippen LogP contribution in [0.2, 0.25) is 0 Å². The maximum absolute atomic E-state index is 5.69. The van der Waals surface area contributed by atoms with E-state index in [9.17, 15) is 0 Å². The van der Waals surface area contributed by atoms with Crippen molar-refractivity contribution in [3.63, 3.8) is 0 Å². The third kappa shape index (κ3) is 10.5. The number of hydrogen-bond acceptors (Lipinski definition) is 3. The number of rotatable bonds is 8. The quantitative estimate of drug-likeness (QED) is 0.518. The van der Waals surface area contributed by atoms with Crippen LogP contribution >= 0.6 is 11.6 Å². The predicted octanol–water partition coefficient (Wildman–Crippen LogP) is 2.04. The number of halogens is 1. The lowest BCUT2D eigenvalue weighted by Crippen LogP contribution is -2.37. The molecule has 0 radical (unpaired) electrons. The molecule has 0 saturated carbocycles. The highest BCUT2D eigenvalue weighted by molar-refractivity contribution is 6.17. The highest BCUT2D eigenvalue weighted by Crippen LogP contribution is 2.05. The van der Waals surface area contributed by atoms with Crippen LogP contribution in [0.25, 0.3) is 0 Å². The summed E-state index contributed by atoms with van der Waals surface area (Å²) in [4.78, 5) is 0. The Kier molecular flexibility index (Phi) is 8.43. The molecule has 1 unspecified atom stereocenters. The number of methoxy groups -OCH3 is 1. The van der Waals surface area contributed by atoms with Gasteiger partial charge in [0.15, 0.2) is 0 Å². The Morgan fingerprint density at radius 3 is 2.47 bits per heavy atom. The smallest absolute Gasteiger partial charge is 0.0616 e. The van der Waals surface area contributed by atoms with Crippen LogP contribution in [-0.4, -0.2) is 44.4 Å². The Balaban J connectivity index is 3.52. The van der Waals surface area contributed by atoms with E-state index in [1.54, 1.807) is 7.11 Å². The van der Waals surface area contributed by atoms with Crippen molar-refractivity contribution in [3.05, 3.63) is 0 Å². The fourth-order valence-corrected chi connectivity index (χ4v) is 1.46. The van der Waals surface area contributed by atoms with Crippen molar-refractivity contribution in [2.24, 2.45) is 0 Å². The van der Waals surface area contributed by atoms with Crippen molar-refractivity contribution >= 4 is 11.6 Å². The topological polar surface area (TPSA) is 30.5 Å². The zero-order valence-corrected chi connectivity index (χ0v) is 11.1. The van der Waals surface area contributed by atoms with Crippen molar-refractivity contribution < 1.29 is 9.47 Å². The van der Waals surface area contributed by atoms with E-state index in [1.165, 1.54) is 0 Å². The summed E-state index contributed by atoms with van der Waals surface area (Å²) in [5, 5.41) is 3.36. The van der Waals surface area contributed by atoms with Crippen LogP contribution in [0.4, 0.5) is 0 Å². The molecule has 4 heteroatoms. The van der Waals surface area contributed by atoms with Crippen molar-refractivity contribution in [2.45, 2.75) is 38.8 Å². The van der Waals surface area contributed by atoms with Crippen molar-refractivity contribution in [3.8, 4) is 0 Å². The van der Waals surface area contributed by atoms with Gasteiger partial charge in [-0.3, -0.25) is 0 Å². The van der Waals surface area contributed by atoms with Gasteiger partial charge in [0.05, 0.1) is 18.8 Å². The molecule has 1 N–H and O–H groups in total. The first-order valence-corrected chi connectivity index (χ1v) is 5.95. The van der Waals surface area contributed by atoms with Gasteiger partial charge in [0.25, 0.3) is 0 Å². The Labute approximate surface area is 98.5 Å². The molecule has 0 heterocycles. The monoisotopic (exact) mass is 237 g/mol. The first-order valence-electron chi connectivity index (χ1n) is 5.42. The largest absolute Gasteiger partial charge is 0.383 e. The van der Waals surface area contributed by atoms with Gasteiger partial charge in [-0.1, -0.05) is 0 Å². The van der Waals surface area contributed by atoms with E-state index in [2.05, 4.69) is 26.1 Å². The van der Waals surface area contributed by atoms with E-state index in [-0.39, 0.29) is 5.60 Å². The van der Waals surface area contributed by atoms with Gasteiger partial charge in [-0.25, -0.2) is 0 Å². The van der Waals surface area contributed by atoms with Gasteiger partial charge in [0.2, 0.25) is 0 Å². The van der Waals surface area contributed by atoms with Gasteiger partial charge < -0.3 is 14.8 Å². The summed E-state index contributed by atoms with van der Waals surface area (Å²) in [6, 6.07) is 0.330. The summed E-state index contributed by atoms with van der Waals surface area (Å²) in [6.07, 6.45) is 0.922. The third-order valence-electron chi connectivity index (χ3n) is 1.90. The van der Waals surface area contributed by atoms with E-state index in [0.29, 0.717) is 25.1 Å². The molecule has 0 saturated heterocycles. The number of alkyl halides is 1. The summed E-state index contributed by atoms with van der Waals surface area (Å²) >= 11 is 5.69. The maximum atomic E-state index is 5.69. The highest BCUT2D eigenvalue weighted by atomic mass is 35.5. The predicted molar refractivity (Wildman–Crippen MR) is 64.7 cm³/mol. The Morgan fingerprint density at radius 2 is 2.00 bits per heavy atom. The van der Waals surface area contributed by atoms with Gasteiger partial charge in [-0.15, -0.1) is 11.6 Å². The normalized spacial score (nSPS) is 14.2. The minimum atomic E-state index is -0.0646. The van der Waals surface area contributed by atoms with Crippen LogP contribution in [0.5, 0.6) is 0 Å². The average Bonchev–Trinajstić information content (AvgIpc) is 2.11. The van der Waals surface area contributed by atoms with Gasteiger partial charge in [-0.05, 0) is 27.2 Å². The molecule has 3 nitrogen and oxygen atoms in total. The third-order valence-corrected chi connectivity index (χ3v) is 2.11. The van der Waals surface area contributed by atoms with E-state index >= 15 is 0 Å². The summed E-state index contributed by atoms with van der Waals surface area (Å²) in [6.45, 7) is 8.41. The standard InChI is InChI=1S/C11H24ClNO2/c1-11(2,3)15-8-7-13-10(5-6-12)9-14-4/h10,13H,5-9H2,1-4H3. The van der Waals surface area contributed by atoms with Crippen molar-refractivity contribution in [1.82, 2.24) is 5.32 Å². The van der Waals surface area contributed by atoms with Gasteiger partial charge >= 0.3 is 0 Å². The molecule has 0 spiro atoms. The zero-order chi connectivity index (χ0) is 11.7. The molecule has 0 rings (SSSR count). The summed E-state index contributed by atoms with van der Waals surface area (Å²) in [5.74, 6) is 0.654. The molecule has 0 bridgehead atoms. The lowest BCUT2D eigenvalue weighted by atomic mass is 10.2. The lowest BCUT2D eigenvalue weighted by molar-refractivity contribution is -0.00250. The Bertz CT molecular complexity index is 142. The van der Waals surface area contributed by atoms with Gasteiger partial charge in [-0.2, -0.15) is 0 Å². The van der Waals surface area contributed by atoms with Crippen LogP contribution in [0, 0.1) is 0 Å². The lowest BCUT2D eigenvalue weighted by Gasteiger charge is -2.21. The SMILES string of the molecule is COCC(CCCl)NCCOC(C)(C)C. The molecule has 0 aliphatic rings. The molecule has 0 aliphatic carbocycles. The number of hydrogen-bond donors (Lipinski definition) is 1. The summed E-state index contributed by atoms with van der Waals surface area (Å²) in [5.41, 5.74) is -0.0646. The molecular formula is C11H24ClNO2. The van der Waals surface area contributed by atoms with E-state index in [1.807, 2.05) is 0 Å². The molecular weight excluding hydrogens is 214 g/mol. The van der Waals surface area contributed by atoms with Crippen LogP contribution in [0.15, 0.2) is 0 Å². The Hall–Kier alpha value is 0.170. The van der Waals surface area contributed by atoms with E-state index in [4.69, 9.17) is 21.1 Å². The van der Waals surface area contributed by atoms with Crippen LogP contribution < -0.4 is 5.32 Å². The molecule has 0 fully saturated rings. The van der Waals surface area contributed by atoms with Crippen LogP contribution in [0.3, 0.4) is 0 Å². The van der Waals surface area contributed by atoms with Gasteiger partial charge in [0.1, 0.15) is 0 Å². The second-order valence-electron chi connectivity index (χ2n) is 4.54. The molecule has 92 valence electrons.